The lowest BCUT2D eigenvalue weighted by atomic mass is 10.1. The minimum absolute atomic E-state index is 0.116. The number of hydrogen-bond donors (Lipinski definition) is 1. The predicted octanol–water partition coefficient (Wildman–Crippen LogP) is 2.96. The lowest BCUT2D eigenvalue weighted by molar-refractivity contribution is -0.128. The third-order valence-electron chi connectivity index (χ3n) is 5.09. The number of halogens is 1. The van der Waals surface area contributed by atoms with Crippen LogP contribution in [0.2, 0.25) is 0 Å². The molecule has 1 amide bonds. The van der Waals surface area contributed by atoms with E-state index in [9.17, 15) is 9.18 Å². The summed E-state index contributed by atoms with van der Waals surface area (Å²) in [5.74, 6) is -0.128. The maximum Gasteiger partial charge on any atom is 0.224 e. The van der Waals surface area contributed by atoms with E-state index in [1.807, 2.05) is 34.0 Å². The van der Waals surface area contributed by atoms with Crippen molar-refractivity contribution in [2.75, 3.05) is 6.54 Å². The Bertz CT molecular complexity index is 924. The molecule has 4 rings (SSSR count). The van der Waals surface area contributed by atoms with E-state index in [1.165, 1.54) is 23.3 Å². The average molecular weight is 378 g/mol. The summed E-state index contributed by atoms with van der Waals surface area (Å²) in [4.78, 5) is 14.2. The summed E-state index contributed by atoms with van der Waals surface area (Å²) < 4.78 is 15.0. The number of aromatic nitrogens is 2. The molecule has 5 nitrogen and oxygen atoms in total. The van der Waals surface area contributed by atoms with Gasteiger partial charge in [-0.2, -0.15) is 5.10 Å². The molecule has 3 aromatic rings. The van der Waals surface area contributed by atoms with Crippen molar-refractivity contribution in [3.05, 3.63) is 89.5 Å². The van der Waals surface area contributed by atoms with Crippen molar-refractivity contribution in [2.45, 2.75) is 32.1 Å². The Morgan fingerprint density at radius 2 is 1.82 bits per heavy atom. The highest BCUT2D eigenvalue weighted by molar-refractivity contribution is 5.79. The molecule has 1 aliphatic rings. The molecule has 144 valence electrons. The number of hydrogen-bond acceptors (Lipinski definition) is 3. The minimum atomic E-state index is -0.259. The summed E-state index contributed by atoms with van der Waals surface area (Å²) in [5, 5.41) is 7.80. The van der Waals surface area contributed by atoms with Crippen LogP contribution in [0.15, 0.2) is 67.0 Å². The normalized spacial score (nSPS) is 16.7. The molecule has 0 saturated carbocycles. The molecule has 0 radical (unpaired) electrons. The first-order valence-electron chi connectivity index (χ1n) is 9.47. The van der Waals surface area contributed by atoms with Crippen molar-refractivity contribution in [2.24, 2.45) is 0 Å². The van der Waals surface area contributed by atoms with Crippen molar-refractivity contribution in [3.63, 3.8) is 0 Å². The summed E-state index contributed by atoms with van der Waals surface area (Å²) in [7, 11) is 0. The summed E-state index contributed by atoms with van der Waals surface area (Å²) in [6, 6.07) is 16.6. The zero-order valence-electron chi connectivity index (χ0n) is 15.6. The molecule has 1 saturated heterocycles. The Morgan fingerprint density at radius 1 is 1.04 bits per heavy atom. The Balaban J connectivity index is 1.34. The van der Waals surface area contributed by atoms with E-state index >= 15 is 0 Å². The third-order valence-corrected chi connectivity index (χ3v) is 5.09. The van der Waals surface area contributed by atoms with Crippen LogP contribution in [0, 0.1) is 5.82 Å². The van der Waals surface area contributed by atoms with E-state index in [0.29, 0.717) is 26.1 Å². The third kappa shape index (κ3) is 4.46. The van der Waals surface area contributed by atoms with Gasteiger partial charge in [0.2, 0.25) is 5.91 Å². The van der Waals surface area contributed by atoms with Gasteiger partial charge in [0.15, 0.2) is 0 Å². The Kier molecular flexibility index (Phi) is 5.48. The van der Waals surface area contributed by atoms with E-state index in [0.717, 1.165) is 12.1 Å². The SMILES string of the molecule is O=C1CC(NCc2ccccc2Cn2cccn2)CN1Cc1ccc(F)cc1. The van der Waals surface area contributed by atoms with Crippen molar-refractivity contribution >= 4 is 5.91 Å². The molecule has 1 fully saturated rings. The maximum absolute atomic E-state index is 13.1. The van der Waals surface area contributed by atoms with Gasteiger partial charge in [0, 0.05) is 44.5 Å². The van der Waals surface area contributed by atoms with Crippen molar-refractivity contribution in [3.8, 4) is 0 Å². The Hall–Kier alpha value is -2.99. The van der Waals surface area contributed by atoms with Gasteiger partial charge >= 0.3 is 0 Å². The molecule has 0 aliphatic carbocycles. The largest absolute Gasteiger partial charge is 0.337 e. The van der Waals surface area contributed by atoms with E-state index in [2.05, 4.69) is 22.5 Å². The second kappa shape index (κ2) is 8.35. The van der Waals surface area contributed by atoms with Gasteiger partial charge in [-0.05, 0) is 34.9 Å². The van der Waals surface area contributed by atoms with Gasteiger partial charge < -0.3 is 10.2 Å². The summed E-state index contributed by atoms with van der Waals surface area (Å²) >= 11 is 0. The monoisotopic (exact) mass is 378 g/mol. The molecule has 2 aromatic carbocycles. The lowest BCUT2D eigenvalue weighted by Gasteiger charge is -2.18. The first-order chi connectivity index (χ1) is 13.7. The van der Waals surface area contributed by atoms with Crippen LogP contribution in [0.1, 0.15) is 23.1 Å². The lowest BCUT2D eigenvalue weighted by Crippen LogP contribution is -2.32. The number of nitrogens with zero attached hydrogens (tertiary/aromatic N) is 3. The molecule has 1 aromatic heterocycles. The maximum atomic E-state index is 13.1. The van der Waals surface area contributed by atoms with Crippen LogP contribution < -0.4 is 5.32 Å². The Morgan fingerprint density at radius 3 is 2.57 bits per heavy atom. The molecule has 2 heterocycles. The fourth-order valence-electron chi connectivity index (χ4n) is 3.58. The van der Waals surface area contributed by atoms with Gasteiger partial charge in [-0.1, -0.05) is 36.4 Å². The van der Waals surface area contributed by atoms with Gasteiger partial charge in [-0.25, -0.2) is 4.39 Å². The number of rotatable bonds is 7. The highest BCUT2D eigenvalue weighted by Crippen LogP contribution is 2.17. The summed E-state index contributed by atoms with van der Waals surface area (Å²) in [6.07, 6.45) is 4.22. The topological polar surface area (TPSA) is 50.2 Å². The number of carbonyl (C=O) groups excluding carboxylic acids is 1. The first kappa shape index (κ1) is 18.4. The van der Waals surface area contributed by atoms with Gasteiger partial charge in [-0.15, -0.1) is 0 Å². The van der Waals surface area contributed by atoms with Crippen LogP contribution >= 0.6 is 0 Å². The molecule has 1 unspecified atom stereocenters. The van der Waals surface area contributed by atoms with Gasteiger partial charge in [-0.3, -0.25) is 9.48 Å². The average Bonchev–Trinajstić information content (AvgIpc) is 3.33. The van der Waals surface area contributed by atoms with Gasteiger partial charge in [0.25, 0.3) is 0 Å². The number of benzene rings is 2. The summed E-state index contributed by atoms with van der Waals surface area (Å²) in [5.41, 5.74) is 3.37. The van der Waals surface area contributed by atoms with E-state index in [1.54, 1.807) is 18.3 Å². The zero-order chi connectivity index (χ0) is 19.3. The quantitative estimate of drug-likeness (QED) is 0.688. The first-order valence-corrected chi connectivity index (χ1v) is 9.47. The number of nitrogens with one attached hydrogen (secondary N) is 1. The Labute approximate surface area is 163 Å². The van der Waals surface area contributed by atoms with E-state index in [-0.39, 0.29) is 17.8 Å². The minimum Gasteiger partial charge on any atom is -0.337 e. The van der Waals surface area contributed by atoms with Crippen LogP contribution in [-0.4, -0.2) is 33.2 Å². The molecule has 0 bridgehead atoms. The molecule has 1 N–H and O–H groups in total. The van der Waals surface area contributed by atoms with Crippen LogP contribution in [0.5, 0.6) is 0 Å². The smallest absolute Gasteiger partial charge is 0.224 e. The van der Waals surface area contributed by atoms with Gasteiger partial charge in [0.05, 0.1) is 6.54 Å². The summed E-state index contributed by atoms with van der Waals surface area (Å²) in [6.45, 7) is 2.62. The van der Waals surface area contributed by atoms with Gasteiger partial charge in [0.1, 0.15) is 5.82 Å². The fourth-order valence-corrected chi connectivity index (χ4v) is 3.58. The zero-order valence-corrected chi connectivity index (χ0v) is 15.6. The second-order valence-electron chi connectivity index (χ2n) is 7.16. The number of amides is 1. The van der Waals surface area contributed by atoms with Crippen molar-refractivity contribution < 1.29 is 9.18 Å². The molecular formula is C22H23FN4O. The second-order valence-corrected chi connectivity index (χ2v) is 7.16. The molecule has 0 spiro atoms. The van der Waals surface area contributed by atoms with E-state index < -0.39 is 0 Å². The molecule has 28 heavy (non-hydrogen) atoms. The van der Waals surface area contributed by atoms with Crippen molar-refractivity contribution in [1.82, 2.24) is 20.0 Å². The number of carbonyl (C=O) groups is 1. The molecule has 6 heteroatoms. The van der Waals surface area contributed by atoms with Crippen molar-refractivity contribution in [1.29, 1.82) is 0 Å². The molecular weight excluding hydrogens is 355 g/mol. The van der Waals surface area contributed by atoms with Crippen LogP contribution in [0.4, 0.5) is 4.39 Å². The molecule has 1 aliphatic heterocycles. The molecule has 1 atom stereocenters. The standard InChI is InChI=1S/C22H23FN4O/c23-20-8-6-17(7-9-20)14-26-16-21(12-22(26)28)24-13-18-4-1-2-5-19(18)15-27-11-3-10-25-27/h1-11,21,24H,12-16H2. The fraction of sp³-hybridized carbons (Fsp3) is 0.273. The van der Waals surface area contributed by atoms with Crippen LogP contribution in [0.25, 0.3) is 0 Å². The van der Waals surface area contributed by atoms with E-state index in [4.69, 9.17) is 0 Å². The van der Waals surface area contributed by atoms with Crippen LogP contribution in [0.3, 0.4) is 0 Å². The number of likely N-dealkylation sites (tertiary alicyclic amines) is 1. The highest BCUT2D eigenvalue weighted by Gasteiger charge is 2.29. The predicted molar refractivity (Wildman–Crippen MR) is 105 cm³/mol. The van der Waals surface area contributed by atoms with Crippen LogP contribution in [-0.2, 0) is 24.4 Å². The highest BCUT2D eigenvalue weighted by atomic mass is 19.1.